The van der Waals surface area contributed by atoms with Crippen molar-refractivity contribution < 1.29 is 4.74 Å². The Bertz CT molecular complexity index is 101. The van der Waals surface area contributed by atoms with Gasteiger partial charge in [-0.3, -0.25) is 0 Å². The first kappa shape index (κ1) is 8.06. The average Bonchev–Trinajstić information content (AvgIpc) is 2.12. The van der Waals surface area contributed by atoms with Crippen molar-refractivity contribution in [2.45, 2.75) is 33.6 Å². The zero-order chi connectivity index (χ0) is 7.61. The Balaban J connectivity index is 2.36. The Hall–Kier alpha value is -0.0400. The molecule has 1 atom stereocenters. The standard InChI is InChI=1S/C9H18O/c1-8(2)6-9(3)4-5-10-7-9/h8H,4-7H2,1-3H3. The predicted octanol–water partition coefficient (Wildman–Crippen LogP) is 2.46. The van der Waals surface area contributed by atoms with Crippen LogP contribution in [0.4, 0.5) is 0 Å². The summed E-state index contributed by atoms with van der Waals surface area (Å²) in [7, 11) is 0. The van der Waals surface area contributed by atoms with E-state index >= 15 is 0 Å². The second kappa shape index (κ2) is 2.91. The number of rotatable bonds is 2. The van der Waals surface area contributed by atoms with Crippen LogP contribution < -0.4 is 0 Å². The predicted molar refractivity (Wildman–Crippen MR) is 43.0 cm³/mol. The maximum atomic E-state index is 5.36. The van der Waals surface area contributed by atoms with Crippen molar-refractivity contribution in [3.8, 4) is 0 Å². The average molecular weight is 142 g/mol. The molecule has 1 heterocycles. The topological polar surface area (TPSA) is 9.23 Å². The Morgan fingerprint density at radius 3 is 2.60 bits per heavy atom. The van der Waals surface area contributed by atoms with Gasteiger partial charge in [-0.15, -0.1) is 0 Å². The van der Waals surface area contributed by atoms with Crippen LogP contribution in [0.1, 0.15) is 33.6 Å². The molecule has 0 aliphatic carbocycles. The van der Waals surface area contributed by atoms with Gasteiger partial charge >= 0.3 is 0 Å². The molecule has 1 heteroatoms. The molecular formula is C9H18O. The zero-order valence-corrected chi connectivity index (χ0v) is 7.31. The summed E-state index contributed by atoms with van der Waals surface area (Å²) in [4.78, 5) is 0. The summed E-state index contributed by atoms with van der Waals surface area (Å²) in [5, 5.41) is 0. The van der Waals surface area contributed by atoms with Crippen LogP contribution in [0.15, 0.2) is 0 Å². The Morgan fingerprint density at radius 2 is 2.20 bits per heavy atom. The molecule has 0 saturated carbocycles. The van der Waals surface area contributed by atoms with Gasteiger partial charge in [-0.05, 0) is 24.2 Å². The van der Waals surface area contributed by atoms with Crippen molar-refractivity contribution in [2.75, 3.05) is 13.2 Å². The van der Waals surface area contributed by atoms with E-state index in [1.54, 1.807) is 0 Å². The first-order valence-electron chi connectivity index (χ1n) is 4.20. The van der Waals surface area contributed by atoms with Crippen LogP contribution in [0.25, 0.3) is 0 Å². The summed E-state index contributed by atoms with van der Waals surface area (Å²) in [5.41, 5.74) is 0.494. The minimum atomic E-state index is 0.494. The van der Waals surface area contributed by atoms with E-state index < -0.39 is 0 Å². The minimum absolute atomic E-state index is 0.494. The van der Waals surface area contributed by atoms with Crippen LogP contribution in [0, 0.1) is 11.3 Å². The molecule has 1 aliphatic rings. The van der Waals surface area contributed by atoms with Crippen LogP contribution >= 0.6 is 0 Å². The van der Waals surface area contributed by atoms with Crippen LogP contribution in [0.5, 0.6) is 0 Å². The van der Waals surface area contributed by atoms with Gasteiger partial charge in [0, 0.05) is 6.61 Å². The molecular weight excluding hydrogens is 124 g/mol. The molecule has 0 aromatic heterocycles. The Morgan fingerprint density at radius 1 is 1.50 bits per heavy atom. The van der Waals surface area contributed by atoms with Crippen molar-refractivity contribution in [3.05, 3.63) is 0 Å². The highest BCUT2D eigenvalue weighted by Crippen LogP contribution is 2.34. The van der Waals surface area contributed by atoms with Gasteiger partial charge in [-0.1, -0.05) is 20.8 Å². The van der Waals surface area contributed by atoms with E-state index in [9.17, 15) is 0 Å². The van der Waals surface area contributed by atoms with E-state index in [4.69, 9.17) is 4.74 Å². The van der Waals surface area contributed by atoms with Gasteiger partial charge < -0.3 is 4.74 Å². The third-order valence-electron chi connectivity index (χ3n) is 2.20. The van der Waals surface area contributed by atoms with Gasteiger partial charge in [0.05, 0.1) is 6.61 Å². The van der Waals surface area contributed by atoms with E-state index in [0.29, 0.717) is 5.41 Å². The van der Waals surface area contributed by atoms with E-state index in [1.165, 1.54) is 12.8 Å². The van der Waals surface area contributed by atoms with E-state index in [1.807, 2.05) is 0 Å². The monoisotopic (exact) mass is 142 g/mol. The van der Waals surface area contributed by atoms with Gasteiger partial charge in [0.2, 0.25) is 0 Å². The normalized spacial score (nSPS) is 33.6. The molecule has 0 radical (unpaired) electrons. The molecule has 1 nitrogen and oxygen atoms in total. The van der Waals surface area contributed by atoms with Crippen molar-refractivity contribution >= 4 is 0 Å². The number of ether oxygens (including phenoxy) is 1. The summed E-state index contributed by atoms with van der Waals surface area (Å²) < 4.78 is 5.36. The first-order valence-corrected chi connectivity index (χ1v) is 4.20. The zero-order valence-electron chi connectivity index (χ0n) is 7.31. The second-order valence-electron chi connectivity index (χ2n) is 4.21. The highest BCUT2D eigenvalue weighted by molar-refractivity contribution is 4.79. The molecule has 0 amide bonds. The largest absolute Gasteiger partial charge is 0.381 e. The molecule has 0 aromatic rings. The van der Waals surface area contributed by atoms with Crippen LogP contribution in [-0.4, -0.2) is 13.2 Å². The highest BCUT2D eigenvalue weighted by Gasteiger charge is 2.29. The fourth-order valence-electron chi connectivity index (χ4n) is 1.86. The van der Waals surface area contributed by atoms with Crippen molar-refractivity contribution in [2.24, 2.45) is 11.3 Å². The van der Waals surface area contributed by atoms with Crippen LogP contribution in [0.3, 0.4) is 0 Å². The maximum absolute atomic E-state index is 5.36. The molecule has 0 bridgehead atoms. The molecule has 0 N–H and O–H groups in total. The molecule has 1 unspecified atom stereocenters. The number of hydrogen-bond acceptors (Lipinski definition) is 1. The summed E-state index contributed by atoms with van der Waals surface area (Å²) in [6.45, 7) is 8.85. The van der Waals surface area contributed by atoms with E-state index in [2.05, 4.69) is 20.8 Å². The summed E-state index contributed by atoms with van der Waals surface area (Å²) in [6, 6.07) is 0. The van der Waals surface area contributed by atoms with Gasteiger partial charge in [0.15, 0.2) is 0 Å². The van der Waals surface area contributed by atoms with E-state index in [-0.39, 0.29) is 0 Å². The quantitative estimate of drug-likeness (QED) is 0.575. The first-order chi connectivity index (χ1) is 4.62. The highest BCUT2D eigenvalue weighted by atomic mass is 16.5. The molecule has 0 spiro atoms. The van der Waals surface area contributed by atoms with Gasteiger partial charge in [-0.2, -0.15) is 0 Å². The fourth-order valence-corrected chi connectivity index (χ4v) is 1.86. The lowest BCUT2D eigenvalue weighted by molar-refractivity contribution is 0.147. The van der Waals surface area contributed by atoms with Crippen LogP contribution in [-0.2, 0) is 4.74 Å². The summed E-state index contributed by atoms with van der Waals surface area (Å²) >= 11 is 0. The molecule has 1 rings (SSSR count). The lowest BCUT2D eigenvalue weighted by Crippen LogP contribution is -2.18. The fraction of sp³-hybridized carbons (Fsp3) is 1.00. The maximum Gasteiger partial charge on any atom is 0.0520 e. The Kier molecular flexibility index (Phi) is 2.35. The molecule has 1 aliphatic heterocycles. The molecule has 10 heavy (non-hydrogen) atoms. The Labute approximate surface area is 63.8 Å². The molecule has 60 valence electrons. The summed E-state index contributed by atoms with van der Waals surface area (Å²) in [6.07, 6.45) is 2.57. The van der Waals surface area contributed by atoms with Crippen molar-refractivity contribution in [1.29, 1.82) is 0 Å². The number of hydrogen-bond donors (Lipinski definition) is 0. The second-order valence-corrected chi connectivity index (χ2v) is 4.21. The van der Waals surface area contributed by atoms with Gasteiger partial charge in [0.25, 0.3) is 0 Å². The lowest BCUT2D eigenvalue weighted by atomic mass is 9.82. The summed E-state index contributed by atoms with van der Waals surface area (Å²) in [5.74, 6) is 0.812. The van der Waals surface area contributed by atoms with Gasteiger partial charge in [-0.25, -0.2) is 0 Å². The third-order valence-corrected chi connectivity index (χ3v) is 2.20. The SMILES string of the molecule is CC(C)CC1(C)CCOC1. The molecule has 1 saturated heterocycles. The lowest BCUT2D eigenvalue weighted by Gasteiger charge is -2.23. The molecule has 0 aromatic carbocycles. The molecule has 1 fully saturated rings. The van der Waals surface area contributed by atoms with Gasteiger partial charge in [0.1, 0.15) is 0 Å². The van der Waals surface area contributed by atoms with Crippen molar-refractivity contribution in [3.63, 3.8) is 0 Å². The smallest absolute Gasteiger partial charge is 0.0520 e. The van der Waals surface area contributed by atoms with Crippen molar-refractivity contribution in [1.82, 2.24) is 0 Å². The third kappa shape index (κ3) is 1.98. The minimum Gasteiger partial charge on any atom is -0.381 e. The van der Waals surface area contributed by atoms with E-state index in [0.717, 1.165) is 19.1 Å². The van der Waals surface area contributed by atoms with Crippen LogP contribution in [0.2, 0.25) is 0 Å².